The Morgan fingerprint density at radius 1 is 1.31 bits per heavy atom. The van der Waals surface area contributed by atoms with Crippen molar-refractivity contribution in [3.05, 3.63) is 53.4 Å². The summed E-state index contributed by atoms with van der Waals surface area (Å²) >= 11 is 1.15. The summed E-state index contributed by atoms with van der Waals surface area (Å²) in [6.07, 6.45) is 1.86. The van der Waals surface area contributed by atoms with Gasteiger partial charge in [-0.25, -0.2) is 0 Å². The van der Waals surface area contributed by atoms with E-state index in [4.69, 9.17) is 4.74 Å². The average Bonchev–Trinajstić information content (AvgIpc) is 2.61. The van der Waals surface area contributed by atoms with Crippen LogP contribution in [0.4, 0.5) is 8.78 Å². The molecule has 0 atom stereocenters. The molecular weight excluding hydrogens is 366 g/mol. The van der Waals surface area contributed by atoms with E-state index in [1.165, 1.54) is 19.4 Å². The van der Waals surface area contributed by atoms with Crippen molar-refractivity contribution in [1.29, 1.82) is 0 Å². The van der Waals surface area contributed by atoms with Crippen LogP contribution in [0.15, 0.2) is 47.6 Å². The normalized spacial score (nSPS) is 10.6. The predicted molar refractivity (Wildman–Crippen MR) is 92.5 cm³/mol. The van der Waals surface area contributed by atoms with Crippen molar-refractivity contribution in [3.63, 3.8) is 0 Å². The van der Waals surface area contributed by atoms with Gasteiger partial charge in [0.2, 0.25) is 5.91 Å². The molecule has 0 aliphatic rings. The number of ether oxygens (including phenoxy) is 2. The Kier molecular flexibility index (Phi) is 7.46. The number of hydrogen-bond donors (Lipinski definition) is 1. The number of carbonyl (C=O) groups excluding carboxylic acids is 1. The third-order valence-electron chi connectivity index (χ3n) is 3.32. The number of thioether (sulfide) groups is 1. The first kappa shape index (κ1) is 19.8. The van der Waals surface area contributed by atoms with Gasteiger partial charge in [-0.1, -0.05) is 6.07 Å². The number of nitrogens with zero attached hydrogens (tertiary/aromatic N) is 1. The van der Waals surface area contributed by atoms with Gasteiger partial charge in [-0.15, -0.1) is 0 Å². The molecule has 0 aliphatic carbocycles. The molecule has 0 saturated carbocycles. The molecule has 0 spiro atoms. The zero-order chi connectivity index (χ0) is 18.9. The lowest BCUT2D eigenvalue weighted by Crippen LogP contribution is -2.30. The maximum absolute atomic E-state index is 12.3. The fraction of sp³-hybridized carbons (Fsp3) is 0.294. The lowest BCUT2D eigenvalue weighted by atomic mass is 10.1. The number of alkyl halides is 2. The Labute approximate surface area is 153 Å². The van der Waals surface area contributed by atoms with E-state index in [0.29, 0.717) is 22.7 Å². The summed E-state index contributed by atoms with van der Waals surface area (Å²) in [7, 11) is 1.36. The number of rotatable bonds is 9. The van der Waals surface area contributed by atoms with Crippen LogP contribution in [0, 0.1) is 5.21 Å². The minimum Gasteiger partial charge on any atom is -0.618 e. The first-order valence-corrected chi connectivity index (χ1v) is 8.67. The first-order chi connectivity index (χ1) is 12.5. The van der Waals surface area contributed by atoms with Crippen LogP contribution < -0.4 is 19.5 Å². The van der Waals surface area contributed by atoms with Gasteiger partial charge in [0.05, 0.1) is 12.9 Å². The van der Waals surface area contributed by atoms with E-state index in [1.54, 1.807) is 30.3 Å². The number of nitrogens with one attached hydrogen (secondary N) is 1. The van der Waals surface area contributed by atoms with Crippen LogP contribution in [0.1, 0.15) is 5.56 Å². The molecule has 0 bridgehead atoms. The van der Waals surface area contributed by atoms with Crippen LogP contribution in [-0.2, 0) is 11.2 Å². The molecule has 0 fully saturated rings. The number of halogens is 2. The number of benzene rings is 1. The van der Waals surface area contributed by atoms with Gasteiger partial charge in [0, 0.05) is 18.7 Å². The van der Waals surface area contributed by atoms with E-state index >= 15 is 0 Å². The highest BCUT2D eigenvalue weighted by atomic mass is 32.2. The van der Waals surface area contributed by atoms with Crippen molar-refractivity contribution in [2.45, 2.75) is 18.1 Å². The number of hydrogen-bond acceptors (Lipinski definition) is 5. The monoisotopic (exact) mass is 384 g/mol. The van der Waals surface area contributed by atoms with E-state index in [9.17, 15) is 18.8 Å². The molecule has 9 heteroatoms. The smallest absolute Gasteiger partial charge is 0.387 e. The number of methoxy groups -OCH3 is 1. The van der Waals surface area contributed by atoms with Gasteiger partial charge in [0.15, 0.2) is 17.7 Å². The summed E-state index contributed by atoms with van der Waals surface area (Å²) in [5.74, 6) is 0.0780. The molecule has 0 aliphatic heterocycles. The Morgan fingerprint density at radius 2 is 2.12 bits per heavy atom. The standard InChI is InChI=1S/C17H18F2N2O4S/c1-24-14-10-12(5-6-13(14)25-17(18)19)7-8-20-15(22)11-26-16-4-2-3-9-21(16)23/h2-6,9-10,17H,7-8,11H2,1H3,(H,20,22). The third-order valence-corrected chi connectivity index (χ3v) is 4.34. The van der Waals surface area contributed by atoms with Crippen molar-refractivity contribution >= 4 is 17.7 Å². The summed E-state index contributed by atoms with van der Waals surface area (Å²) in [4.78, 5) is 11.8. The maximum Gasteiger partial charge on any atom is 0.387 e. The van der Waals surface area contributed by atoms with Crippen molar-refractivity contribution in [1.82, 2.24) is 5.32 Å². The molecule has 0 radical (unpaired) electrons. The molecule has 1 N–H and O–H groups in total. The SMILES string of the molecule is COc1cc(CCNC(=O)CSc2cccc[n+]2[O-])ccc1OC(F)F. The van der Waals surface area contributed by atoms with Gasteiger partial charge in [0.25, 0.3) is 5.03 Å². The maximum atomic E-state index is 12.3. The molecule has 0 unspecified atom stereocenters. The summed E-state index contributed by atoms with van der Waals surface area (Å²) in [6, 6.07) is 9.60. The second-order valence-electron chi connectivity index (χ2n) is 5.12. The van der Waals surface area contributed by atoms with Crippen LogP contribution in [0.5, 0.6) is 11.5 Å². The van der Waals surface area contributed by atoms with Gasteiger partial charge in [0.1, 0.15) is 0 Å². The topological polar surface area (TPSA) is 74.5 Å². The molecule has 1 heterocycles. The fourth-order valence-electron chi connectivity index (χ4n) is 2.12. The van der Waals surface area contributed by atoms with Crippen LogP contribution in [0.2, 0.25) is 0 Å². The number of pyridine rings is 1. The average molecular weight is 384 g/mol. The molecule has 1 amide bonds. The summed E-state index contributed by atoms with van der Waals surface area (Å²) < 4.78 is 34.7. The lowest BCUT2D eigenvalue weighted by Gasteiger charge is -2.11. The minimum absolute atomic E-state index is 0.0412. The van der Waals surface area contributed by atoms with Crippen molar-refractivity contribution in [2.75, 3.05) is 19.4 Å². The molecule has 2 rings (SSSR count). The summed E-state index contributed by atoms with van der Waals surface area (Å²) in [5.41, 5.74) is 0.803. The molecule has 2 aromatic rings. The number of carbonyl (C=O) groups is 1. The van der Waals surface area contributed by atoms with Crippen LogP contribution in [0.3, 0.4) is 0 Å². The molecular formula is C17H18F2N2O4S. The minimum atomic E-state index is -2.93. The zero-order valence-electron chi connectivity index (χ0n) is 14.0. The quantitative estimate of drug-likeness (QED) is 0.408. The summed E-state index contributed by atoms with van der Waals surface area (Å²) in [6.45, 7) is -2.56. The highest BCUT2D eigenvalue weighted by molar-refractivity contribution is 7.99. The van der Waals surface area contributed by atoms with Gasteiger partial charge in [-0.3, -0.25) is 4.79 Å². The lowest BCUT2D eigenvalue weighted by molar-refractivity contribution is -0.645. The highest BCUT2D eigenvalue weighted by Gasteiger charge is 2.12. The van der Waals surface area contributed by atoms with Crippen LogP contribution >= 0.6 is 11.8 Å². The second kappa shape index (κ2) is 9.81. The largest absolute Gasteiger partial charge is 0.618 e. The number of aromatic nitrogens is 1. The Morgan fingerprint density at radius 3 is 2.81 bits per heavy atom. The molecule has 6 nitrogen and oxygen atoms in total. The third kappa shape index (κ3) is 6.07. The molecule has 1 aromatic heterocycles. The summed E-state index contributed by atoms with van der Waals surface area (Å²) in [5, 5.41) is 14.7. The van der Waals surface area contributed by atoms with Gasteiger partial charge < -0.3 is 20.0 Å². The molecule has 0 saturated heterocycles. The van der Waals surface area contributed by atoms with Crippen LogP contribution in [0.25, 0.3) is 0 Å². The molecule has 1 aromatic carbocycles. The zero-order valence-corrected chi connectivity index (χ0v) is 14.8. The van der Waals surface area contributed by atoms with E-state index in [-0.39, 0.29) is 23.2 Å². The van der Waals surface area contributed by atoms with E-state index < -0.39 is 6.61 Å². The van der Waals surface area contributed by atoms with E-state index in [2.05, 4.69) is 10.1 Å². The molecule has 26 heavy (non-hydrogen) atoms. The van der Waals surface area contributed by atoms with Gasteiger partial charge in [-0.05, 0) is 41.9 Å². The van der Waals surface area contributed by atoms with Crippen molar-refractivity contribution in [3.8, 4) is 11.5 Å². The highest BCUT2D eigenvalue weighted by Crippen LogP contribution is 2.29. The van der Waals surface area contributed by atoms with Crippen molar-refractivity contribution < 1.29 is 27.8 Å². The first-order valence-electron chi connectivity index (χ1n) is 7.69. The van der Waals surface area contributed by atoms with Crippen molar-refractivity contribution in [2.24, 2.45) is 0 Å². The second-order valence-corrected chi connectivity index (χ2v) is 6.11. The number of amides is 1. The van der Waals surface area contributed by atoms with Gasteiger partial charge in [-0.2, -0.15) is 13.5 Å². The predicted octanol–water partition coefficient (Wildman–Crippen LogP) is 2.38. The molecule has 140 valence electrons. The van der Waals surface area contributed by atoms with E-state index in [1.807, 2.05) is 0 Å². The Bertz CT molecular complexity index is 746. The van der Waals surface area contributed by atoms with Crippen LogP contribution in [-0.4, -0.2) is 31.9 Å². The van der Waals surface area contributed by atoms with Gasteiger partial charge >= 0.3 is 6.61 Å². The Balaban J connectivity index is 1.80. The van der Waals surface area contributed by atoms with E-state index in [0.717, 1.165) is 17.3 Å². The Hall–Kier alpha value is -2.55. The fourth-order valence-corrected chi connectivity index (χ4v) is 2.87.